The number of amides is 1. The van der Waals surface area contributed by atoms with Crippen LogP contribution in [0.5, 0.6) is 0 Å². The summed E-state index contributed by atoms with van der Waals surface area (Å²) in [6.45, 7) is 5.60. The summed E-state index contributed by atoms with van der Waals surface area (Å²) in [5, 5.41) is 10.2. The molecule has 2 rings (SSSR count). The van der Waals surface area contributed by atoms with Crippen LogP contribution in [0.1, 0.15) is 31.4 Å². The normalized spacial score (nSPS) is 17.2. The average Bonchev–Trinajstić information content (AvgIpc) is 2.70. The van der Waals surface area contributed by atoms with Crippen molar-refractivity contribution in [2.24, 2.45) is 4.99 Å². The maximum absolute atomic E-state index is 11.5. The fourth-order valence-electron chi connectivity index (χ4n) is 3.23. The van der Waals surface area contributed by atoms with Gasteiger partial charge in [-0.25, -0.2) is 0 Å². The largest absolute Gasteiger partial charge is 0.375 e. The topological polar surface area (TPSA) is 78.0 Å². The third-order valence-electron chi connectivity index (χ3n) is 4.84. The van der Waals surface area contributed by atoms with Gasteiger partial charge in [-0.05, 0) is 37.5 Å². The van der Waals surface area contributed by atoms with Gasteiger partial charge >= 0.3 is 0 Å². The van der Waals surface area contributed by atoms with E-state index in [0.29, 0.717) is 24.2 Å². The number of guanidine groups is 1. The molecule has 0 aliphatic carbocycles. The molecule has 1 aliphatic rings. The van der Waals surface area contributed by atoms with Crippen molar-refractivity contribution in [3.63, 3.8) is 0 Å². The third kappa shape index (κ3) is 7.30. The highest BCUT2D eigenvalue weighted by Crippen LogP contribution is 2.20. The number of halogens is 1. The Morgan fingerprint density at radius 1 is 1.39 bits per heavy atom. The number of likely N-dealkylation sites (N-methyl/N-ethyl adjacent to an activating group) is 1. The van der Waals surface area contributed by atoms with Crippen molar-refractivity contribution >= 4 is 23.5 Å². The lowest BCUT2D eigenvalue weighted by Crippen LogP contribution is -2.50. The highest BCUT2D eigenvalue weighted by Gasteiger charge is 2.21. The van der Waals surface area contributed by atoms with Crippen LogP contribution in [0.3, 0.4) is 0 Å². The van der Waals surface area contributed by atoms with E-state index in [2.05, 4.69) is 20.9 Å². The minimum atomic E-state index is -0.149. The van der Waals surface area contributed by atoms with Crippen LogP contribution in [-0.2, 0) is 9.53 Å². The summed E-state index contributed by atoms with van der Waals surface area (Å²) in [6.07, 6.45) is 1.80. The summed E-state index contributed by atoms with van der Waals surface area (Å²) in [7, 11) is 3.36. The van der Waals surface area contributed by atoms with Crippen LogP contribution in [-0.4, -0.2) is 69.7 Å². The molecule has 1 amide bonds. The van der Waals surface area contributed by atoms with Gasteiger partial charge in [-0.1, -0.05) is 23.7 Å². The van der Waals surface area contributed by atoms with E-state index in [1.807, 2.05) is 31.2 Å². The number of benzene rings is 1. The summed E-state index contributed by atoms with van der Waals surface area (Å²) < 4.78 is 5.61. The van der Waals surface area contributed by atoms with Crippen molar-refractivity contribution in [1.82, 2.24) is 20.9 Å². The third-order valence-corrected chi connectivity index (χ3v) is 5.07. The lowest BCUT2D eigenvalue weighted by atomic mass is 10.1. The van der Waals surface area contributed by atoms with E-state index in [1.54, 1.807) is 14.2 Å². The summed E-state index contributed by atoms with van der Waals surface area (Å²) in [5.41, 5.74) is 1.01. The Morgan fingerprint density at radius 2 is 2.14 bits per heavy atom. The molecule has 1 unspecified atom stereocenters. The van der Waals surface area contributed by atoms with Gasteiger partial charge in [-0.15, -0.1) is 0 Å². The molecular formula is C20H32ClN5O2. The highest BCUT2D eigenvalue weighted by atomic mass is 35.5. The number of nitrogens with zero attached hydrogens (tertiary/aromatic N) is 2. The molecule has 156 valence electrons. The first-order valence-corrected chi connectivity index (χ1v) is 10.2. The number of methoxy groups -OCH3 is 1. The molecule has 1 aromatic carbocycles. The summed E-state index contributed by atoms with van der Waals surface area (Å²) in [6, 6.07) is 8.02. The van der Waals surface area contributed by atoms with Crippen molar-refractivity contribution in [2.45, 2.75) is 31.9 Å². The van der Waals surface area contributed by atoms with Gasteiger partial charge < -0.3 is 20.7 Å². The van der Waals surface area contributed by atoms with Crippen molar-refractivity contribution in [3.05, 3.63) is 34.9 Å². The first-order valence-electron chi connectivity index (χ1n) is 9.81. The first-order chi connectivity index (χ1) is 13.5. The zero-order valence-corrected chi connectivity index (χ0v) is 17.8. The minimum Gasteiger partial charge on any atom is -0.375 e. The van der Waals surface area contributed by atoms with Crippen LogP contribution < -0.4 is 16.0 Å². The second-order valence-electron chi connectivity index (χ2n) is 6.87. The van der Waals surface area contributed by atoms with E-state index in [1.165, 1.54) is 0 Å². The molecule has 1 saturated heterocycles. The van der Waals surface area contributed by atoms with Gasteiger partial charge in [0.1, 0.15) is 6.10 Å². The number of hydrogen-bond acceptors (Lipinski definition) is 4. The molecular weight excluding hydrogens is 378 g/mol. The van der Waals surface area contributed by atoms with E-state index in [4.69, 9.17) is 21.3 Å². The minimum absolute atomic E-state index is 0.0629. The van der Waals surface area contributed by atoms with Crippen molar-refractivity contribution in [1.29, 1.82) is 0 Å². The van der Waals surface area contributed by atoms with Crippen LogP contribution in [0.4, 0.5) is 0 Å². The maximum Gasteiger partial charge on any atom is 0.233 e. The molecule has 0 spiro atoms. The predicted molar refractivity (Wildman–Crippen MR) is 114 cm³/mol. The molecule has 1 aromatic rings. The number of rotatable bonds is 8. The molecule has 1 atom stereocenters. The fourth-order valence-corrected chi connectivity index (χ4v) is 3.43. The molecule has 0 radical (unpaired) electrons. The van der Waals surface area contributed by atoms with Gasteiger partial charge in [0, 0.05) is 44.9 Å². The molecule has 1 fully saturated rings. The number of likely N-dealkylation sites (tertiary alicyclic amines) is 1. The van der Waals surface area contributed by atoms with Crippen LogP contribution in [0, 0.1) is 0 Å². The number of hydrogen-bond donors (Lipinski definition) is 3. The Balaban J connectivity index is 1.90. The van der Waals surface area contributed by atoms with Crippen molar-refractivity contribution < 1.29 is 9.53 Å². The van der Waals surface area contributed by atoms with E-state index in [-0.39, 0.29) is 12.0 Å². The van der Waals surface area contributed by atoms with Crippen molar-refractivity contribution in [3.8, 4) is 0 Å². The standard InChI is InChI=1S/C20H32ClN5O2/c1-4-23-20(24-13-18(28-3)15-6-5-7-16(21)12-15)25-17-8-10-26(11-9-17)14-19(27)22-2/h5-7,12,17-18H,4,8-11,13-14H2,1-3H3,(H,22,27)(H2,23,24,25). The maximum atomic E-state index is 11.5. The molecule has 0 saturated carbocycles. The quantitative estimate of drug-likeness (QED) is 0.450. The Bertz CT molecular complexity index is 647. The van der Waals surface area contributed by atoms with E-state index in [9.17, 15) is 4.79 Å². The van der Waals surface area contributed by atoms with E-state index >= 15 is 0 Å². The average molecular weight is 410 g/mol. The van der Waals surface area contributed by atoms with Gasteiger partial charge in [-0.2, -0.15) is 0 Å². The molecule has 8 heteroatoms. The Hall–Kier alpha value is -1.83. The molecule has 28 heavy (non-hydrogen) atoms. The zero-order valence-electron chi connectivity index (χ0n) is 17.0. The van der Waals surface area contributed by atoms with Gasteiger partial charge in [-0.3, -0.25) is 14.7 Å². The number of carbonyl (C=O) groups is 1. The van der Waals surface area contributed by atoms with Gasteiger partial charge in [0.15, 0.2) is 5.96 Å². The lowest BCUT2D eigenvalue weighted by Gasteiger charge is -2.32. The smallest absolute Gasteiger partial charge is 0.233 e. The van der Waals surface area contributed by atoms with Crippen LogP contribution in [0.15, 0.2) is 29.3 Å². The number of ether oxygens (including phenoxy) is 1. The van der Waals surface area contributed by atoms with Crippen LogP contribution in [0.2, 0.25) is 5.02 Å². The van der Waals surface area contributed by atoms with Gasteiger partial charge in [0.25, 0.3) is 0 Å². The Kier molecular flexibility index (Phi) is 9.54. The second-order valence-corrected chi connectivity index (χ2v) is 7.30. The number of aliphatic imine (C=N–C) groups is 1. The number of carbonyl (C=O) groups excluding carboxylic acids is 1. The van der Waals surface area contributed by atoms with E-state index < -0.39 is 0 Å². The monoisotopic (exact) mass is 409 g/mol. The molecule has 0 bridgehead atoms. The lowest BCUT2D eigenvalue weighted by molar-refractivity contribution is -0.122. The molecule has 0 aromatic heterocycles. The summed E-state index contributed by atoms with van der Waals surface area (Å²) in [5.74, 6) is 0.851. The second kappa shape index (κ2) is 11.9. The van der Waals surface area contributed by atoms with Crippen LogP contribution in [0.25, 0.3) is 0 Å². The Labute approximate surface area is 172 Å². The van der Waals surface area contributed by atoms with Crippen molar-refractivity contribution in [2.75, 3.05) is 46.9 Å². The van der Waals surface area contributed by atoms with E-state index in [0.717, 1.165) is 44.0 Å². The summed E-state index contributed by atoms with van der Waals surface area (Å²) in [4.78, 5) is 18.4. The highest BCUT2D eigenvalue weighted by molar-refractivity contribution is 6.30. The molecule has 1 aliphatic heterocycles. The SMILES string of the molecule is CCNC(=NCC(OC)c1cccc(Cl)c1)NC1CCN(CC(=O)NC)CC1. The fraction of sp³-hybridized carbons (Fsp3) is 0.600. The van der Waals surface area contributed by atoms with Gasteiger partial charge in [0.05, 0.1) is 13.1 Å². The number of nitrogens with one attached hydrogen (secondary N) is 3. The predicted octanol–water partition coefficient (Wildman–Crippen LogP) is 1.79. The number of piperidine rings is 1. The molecule has 7 nitrogen and oxygen atoms in total. The molecule has 1 heterocycles. The summed E-state index contributed by atoms with van der Waals surface area (Å²) >= 11 is 6.09. The molecule has 3 N–H and O–H groups in total. The first kappa shape index (κ1) is 22.5. The van der Waals surface area contributed by atoms with Gasteiger partial charge in [0.2, 0.25) is 5.91 Å². The van der Waals surface area contributed by atoms with Crippen LogP contribution >= 0.6 is 11.6 Å². The Morgan fingerprint density at radius 3 is 2.75 bits per heavy atom. The zero-order chi connectivity index (χ0) is 20.4.